The van der Waals surface area contributed by atoms with Gasteiger partial charge >= 0.3 is 0 Å². The van der Waals surface area contributed by atoms with Crippen molar-refractivity contribution < 1.29 is 19.4 Å². The first-order valence-electron chi connectivity index (χ1n) is 16.4. The van der Waals surface area contributed by atoms with E-state index >= 15 is 0 Å². The summed E-state index contributed by atoms with van der Waals surface area (Å²) in [5, 5.41) is 21.5. The van der Waals surface area contributed by atoms with Crippen molar-refractivity contribution in [1.82, 2.24) is 25.9 Å². The van der Waals surface area contributed by atoms with Gasteiger partial charge in [0.1, 0.15) is 5.75 Å². The van der Waals surface area contributed by atoms with Crippen molar-refractivity contribution in [3.63, 3.8) is 0 Å². The summed E-state index contributed by atoms with van der Waals surface area (Å²) in [6, 6.07) is 21.2. The zero-order valence-electron chi connectivity index (χ0n) is 27.9. The van der Waals surface area contributed by atoms with Gasteiger partial charge in [0.2, 0.25) is 11.8 Å². The fraction of sp³-hybridized carbons (Fsp3) is 0.289. The summed E-state index contributed by atoms with van der Waals surface area (Å²) in [4.78, 5) is 21.2. The van der Waals surface area contributed by atoms with Crippen molar-refractivity contribution in [3.8, 4) is 45.3 Å². The number of carbonyl (C=O) groups is 1. The lowest BCUT2D eigenvalue weighted by Crippen LogP contribution is -2.35. The van der Waals surface area contributed by atoms with E-state index in [0.717, 1.165) is 45.2 Å². The number of amides is 1. The van der Waals surface area contributed by atoms with Crippen molar-refractivity contribution in [1.29, 1.82) is 0 Å². The molecular formula is C38H38Cl3N5O4. The van der Waals surface area contributed by atoms with E-state index in [-0.39, 0.29) is 11.9 Å². The van der Waals surface area contributed by atoms with Crippen molar-refractivity contribution >= 4 is 51.6 Å². The van der Waals surface area contributed by atoms with Crippen LogP contribution in [0.3, 0.4) is 0 Å². The molecule has 6 rings (SSSR count). The lowest BCUT2D eigenvalue weighted by molar-refractivity contribution is -0.119. The molecule has 0 bridgehead atoms. The number of ether oxygens (including phenoxy) is 2. The Hall–Kier alpha value is -3.96. The van der Waals surface area contributed by atoms with Crippen LogP contribution in [0.25, 0.3) is 44.5 Å². The van der Waals surface area contributed by atoms with Gasteiger partial charge < -0.3 is 30.5 Å². The van der Waals surface area contributed by atoms with E-state index in [1.807, 2.05) is 66.7 Å². The molecule has 260 valence electrons. The third-order valence-electron chi connectivity index (χ3n) is 8.68. The highest BCUT2D eigenvalue weighted by Gasteiger charge is 2.21. The summed E-state index contributed by atoms with van der Waals surface area (Å²) in [5.74, 6) is 1.25. The third-order valence-corrected chi connectivity index (χ3v) is 9.78. The lowest BCUT2D eigenvalue weighted by Gasteiger charge is -2.16. The van der Waals surface area contributed by atoms with Crippen LogP contribution in [-0.4, -0.2) is 60.4 Å². The number of pyridine rings is 2. The summed E-state index contributed by atoms with van der Waals surface area (Å²) < 4.78 is 11.4. The second-order valence-corrected chi connectivity index (χ2v) is 13.4. The summed E-state index contributed by atoms with van der Waals surface area (Å²) in [7, 11) is 3.21. The SMILES string of the molecule is COc1nc(-c2cccc(-c3cccc(-c4ccc5c(OC)c(CNCC(C)O)cc(Cl)c5n4)c3Cl)c2Cl)ccc1CNC[C@@H]1CCC(=O)N1. The molecule has 3 heterocycles. The molecule has 1 saturated heterocycles. The Bertz CT molecular complexity index is 2040. The number of nitrogens with one attached hydrogen (secondary N) is 3. The van der Waals surface area contributed by atoms with Gasteiger partial charge in [0.25, 0.3) is 0 Å². The van der Waals surface area contributed by atoms with Gasteiger partial charge in [-0.1, -0.05) is 77.3 Å². The number of aliphatic hydroxyl groups excluding tert-OH is 1. The number of nitrogens with zero attached hydrogens (tertiary/aromatic N) is 2. The van der Waals surface area contributed by atoms with Gasteiger partial charge in [-0.15, -0.1) is 0 Å². The molecule has 9 nitrogen and oxygen atoms in total. The minimum atomic E-state index is -0.474. The standard InChI is InChI=1S/C38H38Cl3N5O4/c1-21(47)17-42-19-23-16-30(39)36-29(37(23)49-2)12-14-31(45-36)27-8-4-6-25(34(27)40)26-7-5-9-28(35(26)41)32-13-10-22(38(46-32)50-3)18-43-20-24-11-15-33(48)44-24/h4-10,12-14,16,21,24,42-43,47H,11,15,17-20H2,1-3H3,(H,44,48)/t21?,24-/m0/s1. The van der Waals surface area contributed by atoms with Crippen LogP contribution in [0.5, 0.6) is 11.6 Å². The van der Waals surface area contributed by atoms with Crippen molar-refractivity contribution in [2.24, 2.45) is 0 Å². The maximum absolute atomic E-state index is 11.5. The number of aliphatic hydroxyl groups is 1. The summed E-state index contributed by atoms with van der Waals surface area (Å²) >= 11 is 21.0. The largest absolute Gasteiger partial charge is 0.496 e. The number of aromatic nitrogens is 2. The molecule has 2 atom stereocenters. The quantitative estimate of drug-likeness (QED) is 0.0987. The highest BCUT2D eigenvalue weighted by atomic mass is 35.5. The second-order valence-electron chi connectivity index (χ2n) is 12.3. The van der Waals surface area contributed by atoms with Crippen molar-refractivity contribution in [3.05, 3.63) is 92.9 Å². The molecule has 50 heavy (non-hydrogen) atoms. The predicted octanol–water partition coefficient (Wildman–Crippen LogP) is 7.45. The Kier molecular flexibility index (Phi) is 11.4. The molecule has 4 N–H and O–H groups in total. The maximum Gasteiger partial charge on any atom is 0.220 e. The van der Waals surface area contributed by atoms with E-state index in [0.29, 0.717) is 76.2 Å². The molecule has 1 aliphatic heterocycles. The topological polar surface area (TPSA) is 118 Å². The van der Waals surface area contributed by atoms with Crippen LogP contribution in [0, 0.1) is 0 Å². The van der Waals surface area contributed by atoms with Gasteiger partial charge in [-0.25, -0.2) is 9.97 Å². The number of halogens is 3. The molecular weight excluding hydrogens is 697 g/mol. The molecule has 0 radical (unpaired) electrons. The molecule has 5 aromatic rings. The molecule has 0 saturated carbocycles. The van der Waals surface area contributed by atoms with E-state index in [2.05, 4.69) is 16.0 Å². The van der Waals surface area contributed by atoms with Crippen molar-refractivity contribution in [2.45, 2.75) is 45.0 Å². The fourth-order valence-corrected chi connectivity index (χ4v) is 7.17. The zero-order valence-corrected chi connectivity index (χ0v) is 30.2. The molecule has 1 aliphatic rings. The van der Waals surface area contributed by atoms with Gasteiger partial charge in [0.15, 0.2) is 0 Å². The average molecular weight is 735 g/mol. The lowest BCUT2D eigenvalue weighted by atomic mass is 9.97. The Balaban J connectivity index is 1.28. The fourth-order valence-electron chi connectivity index (χ4n) is 6.24. The Morgan fingerprint density at radius 2 is 1.50 bits per heavy atom. The Morgan fingerprint density at radius 3 is 2.12 bits per heavy atom. The minimum Gasteiger partial charge on any atom is -0.496 e. The molecule has 1 unspecified atom stereocenters. The third kappa shape index (κ3) is 7.68. The molecule has 3 aromatic carbocycles. The first-order chi connectivity index (χ1) is 24.2. The van der Waals surface area contributed by atoms with Crippen LogP contribution in [0.1, 0.15) is 30.9 Å². The van der Waals surface area contributed by atoms with Gasteiger partial charge in [-0.2, -0.15) is 0 Å². The van der Waals surface area contributed by atoms with Crippen molar-refractivity contribution in [2.75, 3.05) is 27.3 Å². The van der Waals surface area contributed by atoms with Gasteiger partial charge in [0, 0.05) is 77.4 Å². The van der Waals surface area contributed by atoms with E-state index in [4.69, 9.17) is 54.2 Å². The second kappa shape index (κ2) is 15.9. The first-order valence-corrected chi connectivity index (χ1v) is 17.5. The molecule has 1 fully saturated rings. The zero-order chi connectivity index (χ0) is 35.4. The van der Waals surface area contributed by atoms with Crippen LogP contribution in [-0.2, 0) is 17.9 Å². The summed E-state index contributed by atoms with van der Waals surface area (Å²) in [5.41, 5.74) is 6.60. The van der Waals surface area contributed by atoms with E-state index < -0.39 is 6.10 Å². The number of rotatable bonds is 13. The number of carbonyl (C=O) groups excluding carboxylic acids is 1. The van der Waals surface area contributed by atoms with E-state index in [9.17, 15) is 9.90 Å². The number of fused-ring (bicyclic) bond motifs is 1. The van der Waals surface area contributed by atoms with E-state index in [1.165, 1.54) is 0 Å². The van der Waals surface area contributed by atoms with Crippen LogP contribution in [0.15, 0.2) is 66.7 Å². The van der Waals surface area contributed by atoms with Crippen LogP contribution >= 0.6 is 34.8 Å². The first kappa shape index (κ1) is 35.9. The molecule has 1 amide bonds. The Labute approximate surface area is 306 Å². The molecule has 12 heteroatoms. The molecule has 2 aromatic heterocycles. The van der Waals surface area contributed by atoms with E-state index in [1.54, 1.807) is 21.1 Å². The number of methoxy groups -OCH3 is 2. The van der Waals surface area contributed by atoms with Crippen LogP contribution < -0.4 is 25.4 Å². The summed E-state index contributed by atoms with van der Waals surface area (Å²) in [6.45, 7) is 3.86. The number of hydrogen-bond acceptors (Lipinski definition) is 8. The van der Waals surface area contributed by atoms with Crippen LogP contribution in [0.4, 0.5) is 0 Å². The summed E-state index contributed by atoms with van der Waals surface area (Å²) in [6.07, 6.45) is 0.924. The van der Waals surface area contributed by atoms with Gasteiger partial charge in [-0.3, -0.25) is 4.79 Å². The molecule has 0 spiro atoms. The van der Waals surface area contributed by atoms with Gasteiger partial charge in [-0.05, 0) is 37.6 Å². The highest BCUT2D eigenvalue weighted by Crippen LogP contribution is 2.43. The number of benzene rings is 3. The van der Waals surface area contributed by atoms with Crippen LogP contribution in [0.2, 0.25) is 15.1 Å². The minimum absolute atomic E-state index is 0.0947. The monoisotopic (exact) mass is 733 g/mol. The smallest absolute Gasteiger partial charge is 0.220 e. The predicted molar refractivity (Wildman–Crippen MR) is 200 cm³/mol. The van der Waals surface area contributed by atoms with Gasteiger partial charge in [0.05, 0.1) is 52.3 Å². The maximum atomic E-state index is 11.5. The average Bonchev–Trinajstić information content (AvgIpc) is 3.53. The Morgan fingerprint density at radius 1 is 0.860 bits per heavy atom. The molecule has 0 aliphatic carbocycles. The number of hydrogen-bond donors (Lipinski definition) is 4. The normalized spacial score (nSPS) is 14.9. The highest BCUT2D eigenvalue weighted by molar-refractivity contribution is 6.39.